The number of hydrogen-bond acceptors (Lipinski definition) is 6. The number of hydrazine groups is 1. The zero-order chi connectivity index (χ0) is 20.4. The molecule has 0 aliphatic carbocycles. The molecule has 8 heteroatoms. The normalized spacial score (nSPS) is 17.5. The lowest BCUT2D eigenvalue weighted by atomic mass is 10.1. The van der Waals surface area contributed by atoms with Gasteiger partial charge in [-0.15, -0.1) is 0 Å². The van der Waals surface area contributed by atoms with Crippen molar-refractivity contribution >= 4 is 23.4 Å². The van der Waals surface area contributed by atoms with Crippen LogP contribution in [-0.4, -0.2) is 71.7 Å². The molecular formula is C21H21N3O5. The second kappa shape index (κ2) is 8.02. The molecule has 8 nitrogen and oxygen atoms in total. The molecule has 2 aliphatic rings. The van der Waals surface area contributed by atoms with E-state index in [1.807, 2.05) is 30.3 Å². The molecule has 4 rings (SSSR count). The summed E-state index contributed by atoms with van der Waals surface area (Å²) in [5, 5.41) is 13.9. The Labute approximate surface area is 167 Å². The van der Waals surface area contributed by atoms with Gasteiger partial charge < -0.3 is 9.84 Å². The van der Waals surface area contributed by atoms with E-state index in [0.717, 1.165) is 10.6 Å². The highest BCUT2D eigenvalue weighted by molar-refractivity contribution is 6.21. The maximum atomic E-state index is 12.6. The Hall–Kier alpha value is -3.23. The maximum Gasteiger partial charge on any atom is 0.267 e. The van der Waals surface area contributed by atoms with Crippen LogP contribution >= 0.6 is 0 Å². The van der Waals surface area contributed by atoms with Crippen LogP contribution in [0.4, 0.5) is 5.69 Å². The summed E-state index contributed by atoms with van der Waals surface area (Å²) in [6, 6.07) is 15.8. The molecule has 2 heterocycles. The van der Waals surface area contributed by atoms with Crippen LogP contribution in [0.3, 0.4) is 0 Å². The van der Waals surface area contributed by atoms with Gasteiger partial charge in [-0.2, -0.15) is 0 Å². The van der Waals surface area contributed by atoms with Crippen LogP contribution in [-0.2, 0) is 9.53 Å². The van der Waals surface area contributed by atoms with Crippen LogP contribution in [0, 0.1) is 0 Å². The second-order valence-electron chi connectivity index (χ2n) is 6.91. The highest BCUT2D eigenvalue weighted by Gasteiger charge is 2.37. The Morgan fingerprint density at radius 2 is 1.59 bits per heavy atom. The minimum absolute atomic E-state index is 0.0299. The number of morpholine rings is 1. The molecular weight excluding hydrogens is 374 g/mol. The monoisotopic (exact) mass is 395 g/mol. The minimum Gasteiger partial charge on any atom is -0.389 e. The van der Waals surface area contributed by atoms with Crippen molar-refractivity contribution in [3.05, 3.63) is 65.7 Å². The number of ether oxygens (including phenoxy) is 1. The summed E-state index contributed by atoms with van der Waals surface area (Å²) < 4.78 is 5.20. The van der Waals surface area contributed by atoms with Crippen LogP contribution in [0.2, 0.25) is 0 Å². The molecule has 0 unspecified atom stereocenters. The Bertz CT molecular complexity index is 898. The number of carbonyl (C=O) groups is 3. The summed E-state index contributed by atoms with van der Waals surface area (Å²) in [6.45, 7) is 0.603. The number of rotatable bonds is 6. The van der Waals surface area contributed by atoms with E-state index in [2.05, 4.69) is 0 Å². The van der Waals surface area contributed by atoms with Gasteiger partial charge in [0.25, 0.3) is 17.7 Å². The van der Waals surface area contributed by atoms with Crippen molar-refractivity contribution in [2.75, 3.05) is 37.9 Å². The number of benzene rings is 2. The van der Waals surface area contributed by atoms with Crippen molar-refractivity contribution in [3.63, 3.8) is 0 Å². The summed E-state index contributed by atoms with van der Waals surface area (Å²) in [5.74, 6) is -1.05. The molecule has 1 fully saturated rings. The lowest BCUT2D eigenvalue weighted by molar-refractivity contribution is -0.143. The highest BCUT2D eigenvalue weighted by atomic mass is 16.5. The number of β-amino-alcohol motifs (C(OH)–C–C–N with tert-alkyl or cyclic N) is 1. The van der Waals surface area contributed by atoms with Crippen molar-refractivity contribution in [1.82, 2.24) is 9.91 Å². The summed E-state index contributed by atoms with van der Waals surface area (Å²) in [4.78, 5) is 38.5. The second-order valence-corrected chi connectivity index (χ2v) is 6.91. The Balaban J connectivity index is 1.51. The number of aliphatic hydroxyl groups excluding tert-OH is 1. The molecule has 1 atom stereocenters. The minimum atomic E-state index is -1.05. The largest absolute Gasteiger partial charge is 0.389 e. The molecule has 0 bridgehead atoms. The lowest BCUT2D eigenvalue weighted by Gasteiger charge is -2.39. The SMILES string of the molecule is O=C1c2ccccc2C(=O)N1C[C@@H](O)CN(c1ccccc1)N1CCOCC1=O. The van der Waals surface area contributed by atoms with Gasteiger partial charge >= 0.3 is 0 Å². The fourth-order valence-corrected chi connectivity index (χ4v) is 3.58. The van der Waals surface area contributed by atoms with Gasteiger partial charge in [-0.3, -0.25) is 24.3 Å². The van der Waals surface area contributed by atoms with Gasteiger partial charge in [0.1, 0.15) is 6.61 Å². The smallest absolute Gasteiger partial charge is 0.267 e. The first-order valence-corrected chi connectivity index (χ1v) is 9.40. The van der Waals surface area contributed by atoms with Gasteiger partial charge in [0.15, 0.2) is 0 Å². The number of carbonyl (C=O) groups excluding carboxylic acids is 3. The predicted molar refractivity (Wildman–Crippen MR) is 104 cm³/mol. The van der Waals surface area contributed by atoms with Crippen LogP contribution in [0.25, 0.3) is 0 Å². The molecule has 2 aliphatic heterocycles. The van der Waals surface area contributed by atoms with Gasteiger partial charge in [-0.25, -0.2) is 5.01 Å². The Morgan fingerprint density at radius 3 is 2.21 bits per heavy atom. The number of aliphatic hydroxyl groups is 1. The zero-order valence-electron chi connectivity index (χ0n) is 15.7. The number of imide groups is 1. The van der Waals surface area contributed by atoms with E-state index >= 15 is 0 Å². The molecule has 29 heavy (non-hydrogen) atoms. The summed E-state index contributed by atoms with van der Waals surface area (Å²) in [5.41, 5.74) is 1.41. The van der Waals surface area contributed by atoms with E-state index in [4.69, 9.17) is 4.74 Å². The van der Waals surface area contributed by atoms with Crippen LogP contribution in [0.15, 0.2) is 54.6 Å². The van der Waals surface area contributed by atoms with Crippen molar-refractivity contribution in [2.45, 2.75) is 6.10 Å². The van der Waals surface area contributed by atoms with E-state index in [9.17, 15) is 19.5 Å². The quantitative estimate of drug-likeness (QED) is 0.732. The number of anilines is 1. The third-order valence-corrected chi connectivity index (χ3v) is 4.96. The van der Waals surface area contributed by atoms with Gasteiger partial charge in [0.05, 0.1) is 49.2 Å². The van der Waals surface area contributed by atoms with E-state index in [1.165, 1.54) is 5.01 Å². The fourth-order valence-electron chi connectivity index (χ4n) is 3.58. The summed E-state index contributed by atoms with van der Waals surface area (Å²) in [6.07, 6.45) is -1.05. The predicted octanol–water partition coefficient (Wildman–Crippen LogP) is 0.924. The molecule has 0 aromatic heterocycles. The average molecular weight is 395 g/mol. The summed E-state index contributed by atoms with van der Waals surface area (Å²) in [7, 11) is 0. The number of para-hydroxylation sites is 1. The summed E-state index contributed by atoms with van der Waals surface area (Å²) >= 11 is 0. The molecule has 0 radical (unpaired) electrons. The molecule has 2 aromatic rings. The topological polar surface area (TPSA) is 90.4 Å². The van der Waals surface area contributed by atoms with Crippen molar-refractivity contribution in [1.29, 1.82) is 0 Å². The first-order chi connectivity index (χ1) is 14.1. The Kier molecular flexibility index (Phi) is 5.28. The first kappa shape index (κ1) is 19.1. The molecule has 0 saturated carbocycles. The van der Waals surface area contributed by atoms with Crippen molar-refractivity contribution in [3.8, 4) is 0 Å². The fraction of sp³-hybridized carbons (Fsp3) is 0.286. The van der Waals surface area contributed by atoms with E-state index < -0.39 is 17.9 Å². The van der Waals surface area contributed by atoms with E-state index in [1.54, 1.807) is 29.3 Å². The third-order valence-electron chi connectivity index (χ3n) is 4.96. The first-order valence-electron chi connectivity index (χ1n) is 9.40. The number of hydrogen-bond donors (Lipinski definition) is 1. The molecule has 1 saturated heterocycles. The van der Waals surface area contributed by atoms with Gasteiger partial charge in [0.2, 0.25) is 0 Å². The number of amides is 3. The molecule has 150 valence electrons. The molecule has 1 N–H and O–H groups in total. The van der Waals surface area contributed by atoms with Gasteiger partial charge in [-0.05, 0) is 24.3 Å². The maximum absolute atomic E-state index is 12.6. The van der Waals surface area contributed by atoms with Gasteiger partial charge in [-0.1, -0.05) is 30.3 Å². The van der Waals surface area contributed by atoms with E-state index in [-0.39, 0.29) is 25.6 Å². The number of nitrogens with zero attached hydrogens (tertiary/aromatic N) is 3. The lowest BCUT2D eigenvalue weighted by Crippen LogP contribution is -2.55. The molecule has 2 aromatic carbocycles. The molecule has 3 amide bonds. The third kappa shape index (κ3) is 3.72. The standard InChI is InChI=1S/C21H21N3O5/c25-16(12-22-20(27)17-8-4-5-9-18(17)21(22)28)13-24(15-6-2-1-3-7-15)23-10-11-29-14-19(23)26/h1-9,16,25H,10-14H2/t16-/m1/s1. The van der Waals surface area contributed by atoms with Gasteiger partial charge in [0, 0.05) is 0 Å². The van der Waals surface area contributed by atoms with Crippen molar-refractivity contribution < 1.29 is 24.2 Å². The molecule has 0 spiro atoms. The zero-order valence-corrected chi connectivity index (χ0v) is 15.7. The highest BCUT2D eigenvalue weighted by Crippen LogP contribution is 2.23. The van der Waals surface area contributed by atoms with Crippen LogP contribution < -0.4 is 5.01 Å². The van der Waals surface area contributed by atoms with Crippen LogP contribution in [0.5, 0.6) is 0 Å². The van der Waals surface area contributed by atoms with E-state index in [0.29, 0.717) is 24.3 Å². The Morgan fingerprint density at radius 1 is 0.966 bits per heavy atom. The number of fused-ring (bicyclic) bond motifs is 1. The van der Waals surface area contributed by atoms with Crippen LogP contribution in [0.1, 0.15) is 20.7 Å². The van der Waals surface area contributed by atoms with Crippen molar-refractivity contribution in [2.24, 2.45) is 0 Å². The average Bonchev–Trinajstić information content (AvgIpc) is 2.98.